The summed E-state index contributed by atoms with van der Waals surface area (Å²) in [5, 5.41) is 9.38. The number of aryl methyl sites for hydroxylation is 1. The van der Waals surface area contributed by atoms with Crippen LogP contribution in [-0.2, 0) is 16.0 Å². The number of aromatic hydroxyl groups is 1. The van der Waals surface area contributed by atoms with Gasteiger partial charge in [0.1, 0.15) is 11.5 Å². The molecule has 0 aliphatic carbocycles. The van der Waals surface area contributed by atoms with Crippen LogP contribution in [0.5, 0.6) is 11.5 Å². The van der Waals surface area contributed by atoms with Crippen LogP contribution in [0.2, 0.25) is 0 Å². The summed E-state index contributed by atoms with van der Waals surface area (Å²) in [5.74, 6) is 0.442. The van der Waals surface area contributed by atoms with Crippen molar-refractivity contribution in [1.82, 2.24) is 0 Å². The Morgan fingerprint density at radius 1 is 1.35 bits per heavy atom. The second-order valence-electron chi connectivity index (χ2n) is 3.64. The third-order valence-corrected chi connectivity index (χ3v) is 2.21. The second-order valence-corrected chi connectivity index (χ2v) is 3.64. The average Bonchev–Trinajstić information content (AvgIpc) is 2.29. The molecule has 4 nitrogen and oxygen atoms in total. The average molecular weight is 238 g/mol. The van der Waals surface area contributed by atoms with Crippen molar-refractivity contribution >= 4 is 5.97 Å². The Morgan fingerprint density at radius 2 is 2.12 bits per heavy atom. The SMILES string of the molecule is CCCc1cc(O)ccc1OCC(=O)OCC. The minimum absolute atomic E-state index is 0.102. The molecule has 0 saturated heterocycles. The van der Waals surface area contributed by atoms with E-state index in [0.717, 1.165) is 18.4 Å². The molecule has 0 unspecified atom stereocenters. The summed E-state index contributed by atoms with van der Waals surface area (Å²) in [4.78, 5) is 11.2. The van der Waals surface area contributed by atoms with Crippen molar-refractivity contribution in [2.75, 3.05) is 13.2 Å². The Morgan fingerprint density at radius 3 is 2.76 bits per heavy atom. The smallest absolute Gasteiger partial charge is 0.344 e. The number of benzene rings is 1. The van der Waals surface area contributed by atoms with E-state index in [1.165, 1.54) is 0 Å². The maximum Gasteiger partial charge on any atom is 0.344 e. The number of hydrogen-bond donors (Lipinski definition) is 1. The maximum absolute atomic E-state index is 11.2. The van der Waals surface area contributed by atoms with Crippen LogP contribution in [0.3, 0.4) is 0 Å². The van der Waals surface area contributed by atoms with E-state index in [0.29, 0.717) is 12.4 Å². The van der Waals surface area contributed by atoms with Gasteiger partial charge in [-0.15, -0.1) is 0 Å². The van der Waals surface area contributed by atoms with E-state index in [2.05, 4.69) is 0 Å². The summed E-state index contributed by atoms with van der Waals surface area (Å²) in [7, 11) is 0. The minimum Gasteiger partial charge on any atom is -0.508 e. The predicted octanol–water partition coefficient (Wildman–Crippen LogP) is 2.29. The van der Waals surface area contributed by atoms with Crippen molar-refractivity contribution < 1.29 is 19.4 Å². The van der Waals surface area contributed by atoms with Crippen molar-refractivity contribution in [2.45, 2.75) is 26.7 Å². The molecule has 0 bridgehead atoms. The number of phenolic OH excluding ortho intramolecular Hbond substituents is 1. The van der Waals surface area contributed by atoms with Gasteiger partial charge in [0.2, 0.25) is 0 Å². The quantitative estimate of drug-likeness (QED) is 0.772. The first-order valence-electron chi connectivity index (χ1n) is 5.77. The zero-order chi connectivity index (χ0) is 12.7. The van der Waals surface area contributed by atoms with E-state index >= 15 is 0 Å². The number of carbonyl (C=O) groups is 1. The van der Waals surface area contributed by atoms with Crippen LogP contribution >= 0.6 is 0 Å². The highest BCUT2D eigenvalue weighted by Crippen LogP contribution is 2.24. The lowest BCUT2D eigenvalue weighted by Crippen LogP contribution is -2.15. The summed E-state index contributed by atoms with van der Waals surface area (Å²) >= 11 is 0. The lowest BCUT2D eigenvalue weighted by molar-refractivity contribution is -0.145. The van der Waals surface area contributed by atoms with Gasteiger partial charge in [-0.25, -0.2) is 4.79 Å². The molecule has 0 spiro atoms. The van der Waals surface area contributed by atoms with Gasteiger partial charge in [-0.1, -0.05) is 13.3 Å². The summed E-state index contributed by atoms with van der Waals surface area (Å²) in [6.45, 7) is 4.04. The molecule has 0 heterocycles. The van der Waals surface area contributed by atoms with Crippen LogP contribution in [0, 0.1) is 0 Å². The van der Waals surface area contributed by atoms with E-state index in [1.807, 2.05) is 6.92 Å². The van der Waals surface area contributed by atoms with Gasteiger partial charge < -0.3 is 14.6 Å². The van der Waals surface area contributed by atoms with Gasteiger partial charge in [-0.3, -0.25) is 0 Å². The van der Waals surface area contributed by atoms with Crippen LogP contribution in [-0.4, -0.2) is 24.3 Å². The van der Waals surface area contributed by atoms with Gasteiger partial charge in [-0.2, -0.15) is 0 Å². The lowest BCUT2D eigenvalue weighted by Gasteiger charge is -2.10. The van der Waals surface area contributed by atoms with E-state index in [4.69, 9.17) is 9.47 Å². The highest BCUT2D eigenvalue weighted by Gasteiger charge is 2.07. The van der Waals surface area contributed by atoms with Gasteiger partial charge >= 0.3 is 5.97 Å². The van der Waals surface area contributed by atoms with Gasteiger partial charge in [0.25, 0.3) is 0 Å². The Labute approximate surface area is 101 Å². The fraction of sp³-hybridized carbons (Fsp3) is 0.462. The molecule has 0 aliphatic heterocycles. The van der Waals surface area contributed by atoms with Crippen molar-refractivity contribution in [3.8, 4) is 11.5 Å². The van der Waals surface area contributed by atoms with Crippen LogP contribution in [0.4, 0.5) is 0 Å². The molecule has 17 heavy (non-hydrogen) atoms. The monoisotopic (exact) mass is 238 g/mol. The zero-order valence-electron chi connectivity index (χ0n) is 10.2. The fourth-order valence-electron chi connectivity index (χ4n) is 1.51. The van der Waals surface area contributed by atoms with Gasteiger partial charge in [0.05, 0.1) is 6.61 Å². The zero-order valence-corrected chi connectivity index (χ0v) is 10.2. The van der Waals surface area contributed by atoms with Crippen LogP contribution in [0.1, 0.15) is 25.8 Å². The van der Waals surface area contributed by atoms with E-state index < -0.39 is 0 Å². The number of rotatable bonds is 6. The number of carbonyl (C=O) groups excluding carboxylic acids is 1. The van der Waals surface area contributed by atoms with E-state index in [9.17, 15) is 9.90 Å². The summed E-state index contributed by atoms with van der Waals surface area (Å²) in [6, 6.07) is 4.86. The Kier molecular flexibility index (Phi) is 5.33. The molecule has 0 atom stereocenters. The third-order valence-electron chi connectivity index (χ3n) is 2.21. The van der Waals surface area contributed by atoms with Crippen LogP contribution in [0.25, 0.3) is 0 Å². The topological polar surface area (TPSA) is 55.8 Å². The highest BCUT2D eigenvalue weighted by atomic mass is 16.6. The van der Waals surface area contributed by atoms with Gasteiger partial charge in [0, 0.05) is 0 Å². The summed E-state index contributed by atoms with van der Waals surface area (Å²) < 4.78 is 10.1. The summed E-state index contributed by atoms with van der Waals surface area (Å²) in [6.07, 6.45) is 1.74. The first-order chi connectivity index (χ1) is 8.17. The van der Waals surface area contributed by atoms with Crippen molar-refractivity contribution in [3.63, 3.8) is 0 Å². The number of esters is 1. The van der Waals surface area contributed by atoms with Gasteiger partial charge in [0.15, 0.2) is 6.61 Å². The molecule has 1 aromatic carbocycles. The molecular weight excluding hydrogens is 220 g/mol. The molecule has 0 radical (unpaired) electrons. The normalized spacial score (nSPS) is 10.0. The Balaban J connectivity index is 2.66. The molecule has 0 fully saturated rings. The molecule has 4 heteroatoms. The molecule has 1 rings (SSSR count). The Bertz CT molecular complexity index is 374. The van der Waals surface area contributed by atoms with Crippen molar-refractivity contribution in [3.05, 3.63) is 23.8 Å². The summed E-state index contributed by atoms with van der Waals surface area (Å²) in [5.41, 5.74) is 0.900. The third kappa shape index (κ3) is 4.34. The molecule has 0 amide bonds. The largest absolute Gasteiger partial charge is 0.508 e. The van der Waals surface area contributed by atoms with Crippen LogP contribution < -0.4 is 4.74 Å². The maximum atomic E-state index is 11.2. The van der Waals surface area contributed by atoms with Crippen LogP contribution in [0.15, 0.2) is 18.2 Å². The minimum atomic E-state index is -0.386. The molecule has 94 valence electrons. The first kappa shape index (κ1) is 13.4. The molecular formula is C13H18O4. The van der Waals surface area contributed by atoms with Gasteiger partial charge in [-0.05, 0) is 37.1 Å². The molecule has 0 saturated carbocycles. The number of hydrogen-bond acceptors (Lipinski definition) is 4. The predicted molar refractivity (Wildman–Crippen MR) is 64.2 cm³/mol. The number of ether oxygens (including phenoxy) is 2. The number of phenols is 1. The molecule has 0 aromatic heterocycles. The Hall–Kier alpha value is -1.71. The second kappa shape index (κ2) is 6.78. The fourth-order valence-corrected chi connectivity index (χ4v) is 1.51. The first-order valence-corrected chi connectivity index (χ1v) is 5.77. The molecule has 1 N–H and O–H groups in total. The molecule has 1 aromatic rings. The highest BCUT2D eigenvalue weighted by molar-refractivity contribution is 5.71. The standard InChI is InChI=1S/C13H18O4/c1-3-5-10-8-11(14)6-7-12(10)17-9-13(15)16-4-2/h6-8,14H,3-5,9H2,1-2H3. The lowest BCUT2D eigenvalue weighted by atomic mass is 10.1. The van der Waals surface area contributed by atoms with Crippen molar-refractivity contribution in [1.29, 1.82) is 0 Å². The van der Waals surface area contributed by atoms with E-state index in [-0.39, 0.29) is 18.3 Å². The molecule has 0 aliphatic rings. The van der Waals surface area contributed by atoms with Crippen molar-refractivity contribution in [2.24, 2.45) is 0 Å². The van der Waals surface area contributed by atoms with E-state index in [1.54, 1.807) is 25.1 Å².